The minimum Gasteiger partial charge on any atom is -0.497 e. The zero-order valence-corrected chi connectivity index (χ0v) is 19.7. The van der Waals surface area contributed by atoms with Crippen molar-refractivity contribution in [3.8, 4) is 0 Å². The van der Waals surface area contributed by atoms with Crippen molar-refractivity contribution in [2.24, 2.45) is 11.8 Å². The summed E-state index contributed by atoms with van der Waals surface area (Å²) in [5.74, 6) is 0.623. The van der Waals surface area contributed by atoms with Crippen molar-refractivity contribution in [2.45, 2.75) is 26.7 Å². The van der Waals surface area contributed by atoms with Gasteiger partial charge in [0.15, 0.2) is 5.69 Å². The number of ether oxygens (including phenoxy) is 3. The molecule has 1 saturated carbocycles. The number of pyridine rings is 1. The molecule has 8 nitrogen and oxygen atoms in total. The van der Waals surface area contributed by atoms with Crippen LogP contribution >= 0.6 is 0 Å². The number of hydrogen-bond acceptors (Lipinski definition) is 7. The Hall–Kier alpha value is -2.71. The summed E-state index contributed by atoms with van der Waals surface area (Å²) in [7, 11) is 1.64. The van der Waals surface area contributed by atoms with E-state index in [0.29, 0.717) is 37.8 Å². The number of esters is 1. The van der Waals surface area contributed by atoms with E-state index in [1.807, 2.05) is 13.0 Å². The normalized spacial score (nSPS) is 21.1. The number of nitrogens with one attached hydrogen (secondary N) is 1. The molecule has 0 spiro atoms. The molecule has 4 rings (SSSR count). The fourth-order valence-corrected chi connectivity index (χ4v) is 4.14. The highest BCUT2D eigenvalue weighted by Gasteiger charge is 2.29. The highest BCUT2D eigenvalue weighted by molar-refractivity contribution is 5.98. The fraction of sp³-hybridized carbons (Fsp3) is 0.560. The molecule has 1 aromatic rings. The van der Waals surface area contributed by atoms with E-state index in [9.17, 15) is 9.59 Å². The van der Waals surface area contributed by atoms with Crippen molar-refractivity contribution in [3.05, 3.63) is 46.5 Å². The van der Waals surface area contributed by atoms with Gasteiger partial charge in [-0.15, -0.1) is 0 Å². The lowest BCUT2D eigenvalue weighted by atomic mass is 9.92. The molecule has 1 amide bonds. The molecule has 2 heterocycles. The van der Waals surface area contributed by atoms with Gasteiger partial charge in [0.25, 0.3) is 5.91 Å². The standard InChI is InChI=1S/C25H33N3O5/c1-16-17(2)22(31-3)14-20(16)19-6-7-21(24(29)26-15-18-4-5-18)27-23(19)25(30)33-13-10-28-8-11-32-12-9-28/h6-7,14,16,18H,4-5,8-13,15H2,1-3H3,(H,26,29)/t16-/m1/s1. The third-order valence-electron chi connectivity index (χ3n) is 6.64. The molecular weight excluding hydrogens is 422 g/mol. The lowest BCUT2D eigenvalue weighted by Crippen LogP contribution is -2.38. The van der Waals surface area contributed by atoms with Crippen molar-refractivity contribution < 1.29 is 23.8 Å². The molecule has 2 fully saturated rings. The maximum absolute atomic E-state index is 13.1. The number of hydrogen-bond donors (Lipinski definition) is 1. The van der Waals surface area contributed by atoms with E-state index < -0.39 is 5.97 Å². The molecule has 1 N–H and O–H groups in total. The molecule has 0 unspecified atom stereocenters. The number of aromatic nitrogens is 1. The molecule has 1 aliphatic heterocycles. The molecular formula is C25H33N3O5. The monoisotopic (exact) mass is 455 g/mol. The lowest BCUT2D eigenvalue weighted by Gasteiger charge is -2.26. The highest BCUT2D eigenvalue weighted by atomic mass is 16.5. The summed E-state index contributed by atoms with van der Waals surface area (Å²) in [6, 6.07) is 3.47. The van der Waals surface area contributed by atoms with Gasteiger partial charge in [-0.2, -0.15) is 0 Å². The number of carbonyl (C=O) groups is 2. The smallest absolute Gasteiger partial charge is 0.357 e. The van der Waals surface area contributed by atoms with Gasteiger partial charge in [0.1, 0.15) is 18.1 Å². The Labute approximate surface area is 195 Å². The van der Waals surface area contributed by atoms with E-state index in [4.69, 9.17) is 14.2 Å². The van der Waals surface area contributed by atoms with Crippen molar-refractivity contribution in [1.82, 2.24) is 15.2 Å². The second-order valence-corrected chi connectivity index (χ2v) is 8.91. The van der Waals surface area contributed by atoms with Crippen LogP contribution in [0.1, 0.15) is 53.2 Å². The second-order valence-electron chi connectivity index (χ2n) is 8.91. The predicted molar refractivity (Wildman–Crippen MR) is 124 cm³/mol. The zero-order valence-electron chi connectivity index (χ0n) is 19.7. The summed E-state index contributed by atoms with van der Waals surface area (Å²) in [6.45, 7) is 8.66. The summed E-state index contributed by atoms with van der Waals surface area (Å²) in [5, 5.41) is 2.92. The Morgan fingerprint density at radius 1 is 1.24 bits per heavy atom. The Morgan fingerprint density at radius 3 is 2.67 bits per heavy atom. The highest BCUT2D eigenvalue weighted by Crippen LogP contribution is 2.39. The van der Waals surface area contributed by atoms with E-state index in [0.717, 1.165) is 42.8 Å². The molecule has 0 bridgehead atoms. The van der Waals surface area contributed by atoms with E-state index in [-0.39, 0.29) is 29.8 Å². The minimum absolute atomic E-state index is 0.0659. The summed E-state index contributed by atoms with van der Waals surface area (Å²) < 4.78 is 16.5. The molecule has 8 heteroatoms. The first kappa shape index (κ1) is 23.4. The van der Waals surface area contributed by atoms with Crippen molar-refractivity contribution in [3.63, 3.8) is 0 Å². The zero-order chi connectivity index (χ0) is 23.4. The summed E-state index contributed by atoms with van der Waals surface area (Å²) >= 11 is 0. The van der Waals surface area contributed by atoms with Crippen LogP contribution in [0.25, 0.3) is 5.57 Å². The first-order chi connectivity index (χ1) is 16.0. The predicted octanol–water partition coefficient (Wildman–Crippen LogP) is 2.66. The third kappa shape index (κ3) is 5.62. The van der Waals surface area contributed by atoms with E-state index in [2.05, 4.69) is 22.1 Å². The van der Waals surface area contributed by atoms with Gasteiger partial charge in [-0.3, -0.25) is 9.69 Å². The van der Waals surface area contributed by atoms with Crippen LogP contribution in [0, 0.1) is 11.8 Å². The lowest BCUT2D eigenvalue weighted by molar-refractivity contribution is 0.0193. The molecule has 1 saturated heterocycles. The van der Waals surface area contributed by atoms with Crippen LogP contribution < -0.4 is 5.32 Å². The van der Waals surface area contributed by atoms with Gasteiger partial charge >= 0.3 is 5.97 Å². The van der Waals surface area contributed by atoms with Crippen LogP contribution in [0.2, 0.25) is 0 Å². The van der Waals surface area contributed by atoms with Gasteiger partial charge < -0.3 is 19.5 Å². The summed E-state index contributed by atoms with van der Waals surface area (Å²) in [6.07, 6.45) is 4.23. The summed E-state index contributed by atoms with van der Waals surface area (Å²) in [5.41, 5.74) is 3.08. The topological polar surface area (TPSA) is 90.0 Å². The largest absolute Gasteiger partial charge is 0.497 e. The first-order valence-electron chi connectivity index (χ1n) is 11.7. The molecule has 33 heavy (non-hydrogen) atoms. The van der Waals surface area contributed by atoms with Crippen LogP contribution in [0.4, 0.5) is 0 Å². The maximum Gasteiger partial charge on any atom is 0.357 e. The van der Waals surface area contributed by atoms with E-state index >= 15 is 0 Å². The van der Waals surface area contributed by atoms with Gasteiger partial charge in [-0.25, -0.2) is 9.78 Å². The van der Waals surface area contributed by atoms with Gasteiger partial charge in [-0.1, -0.05) is 6.92 Å². The Kier molecular flexibility index (Phi) is 7.45. The Bertz CT molecular complexity index is 961. The maximum atomic E-state index is 13.1. The van der Waals surface area contributed by atoms with Gasteiger partial charge in [0.05, 0.1) is 20.3 Å². The van der Waals surface area contributed by atoms with E-state index in [1.165, 1.54) is 0 Å². The molecule has 2 aliphatic carbocycles. The first-order valence-corrected chi connectivity index (χ1v) is 11.7. The van der Waals surface area contributed by atoms with Crippen molar-refractivity contribution >= 4 is 17.4 Å². The number of morpholine rings is 1. The molecule has 3 aliphatic rings. The Morgan fingerprint density at radius 2 is 2.00 bits per heavy atom. The van der Waals surface area contributed by atoms with Crippen LogP contribution in [0.15, 0.2) is 29.5 Å². The number of carbonyl (C=O) groups excluding carboxylic acids is 2. The number of allylic oxidation sites excluding steroid dienone is 3. The number of rotatable bonds is 9. The SMILES string of the molecule is COC1=C(C)[C@@H](C)C(c2ccc(C(=O)NCC3CC3)nc2C(=O)OCCN2CCOCC2)=C1. The number of methoxy groups -OCH3 is 1. The van der Waals surface area contributed by atoms with Crippen molar-refractivity contribution in [1.29, 1.82) is 0 Å². The molecule has 1 aromatic heterocycles. The third-order valence-corrected chi connectivity index (χ3v) is 6.64. The fourth-order valence-electron chi connectivity index (χ4n) is 4.14. The van der Waals surface area contributed by atoms with Gasteiger partial charge in [0.2, 0.25) is 0 Å². The van der Waals surface area contributed by atoms with Crippen LogP contribution in [-0.2, 0) is 14.2 Å². The number of amides is 1. The average Bonchev–Trinajstić information content (AvgIpc) is 3.63. The second kappa shape index (κ2) is 10.5. The summed E-state index contributed by atoms with van der Waals surface area (Å²) in [4.78, 5) is 32.4. The van der Waals surface area contributed by atoms with Crippen molar-refractivity contribution in [2.75, 3.05) is 53.1 Å². The van der Waals surface area contributed by atoms with Gasteiger partial charge in [0, 0.05) is 37.7 Å². The quantitative estimate of drug-likeness (QED) is 0.573. The molecule has 0 aromatic carbocycles. The minimum atomic E-state index is -0.522. The van der Waals surface area contributed by atoms with Crippen LogP contribution in [-0.4, -0.2) is 74.9 Å². The number of nitrogens with zero attached hydrogens (tertiary/aromatic N) is 2. The molecule has 178 valence electrons. The van der Waals surface area contributed by atoms with Gasteiger partial charge in [-0.05, 0) is 55.0 Å². The average molecular weight is 456 g/mol. The van der Waals surface area contributed by atoms with Crippen LogP contribution in [0.3, 0.4) is 0 Å². The molecule has 0 radical (unpaired) electrons. The van der Waals surface area contributed by atoms with Crippen LogP contribution in [0.5, 0.6) is 0 Å². The van der Waals surface area contributed by atoms with E-state index in [1.54, 1.807) is 19.2 Å². The Balaban J connectivity index is 1.53. The molecule has 1 atom stereocenters.